The molecule has 172 valence electrons. The first-order chi connectivity index (χ1) is 16.0. The molecule has 1 amide bonds. The van der Waals surface area contributed by atoms with Crippen LogP contribution in [0.4, 0.5) is 10.2 Å². The Morgan fingerprint density at radius 2 is 2.12 bits per heavy atom. The first-order valence-corrected chi connectivity index (χ1v) is 10.7. The van der Waals surface area contributed by atoms with Crippen LogP contribution in [0.15, 0.2) is 42.7 Å². The molecule has 1 aliphatic heterocycles. The van der Waals surface area contributed by atoms with Crippen LogP contribution in [0.5, 0.6) is 5.75 Å². The van der Waals surface area contributed by atoms with Crippen LogP contribution < -0.4 is 15.4 Å². The normalized spacial score (nSPS) is 15.2. The number of nitrogens with zero attached hydrogens (tertiary/aromatic N) is 5. The number of aromatic nitrogens is 4. The molecule has 1 atom stereocenters. The Bertz CT molecular complexity index is 1110. The molecule has 1 aliphatic rings. The van der Waals surface area contributed by atoms with Crippen LogP contribution in [0, 0.1) is 5.95 Å². The lowest BCUT2D eigenvalue weighted by atomic mass is 9.99. The molecule has 0 aromatic carbocycles. The van der Waals surface area contributed by atoms with E-state index >= 15 is 0 Å². The lowest BCUT2D eigenvalue weighted by Crippen LogP contribution is -2.35. The van der Waals surface area contributed by atoms with Gasteiger partial charge in [0, 0.05) is 49.5 Å². The second-order valence-corrected chi connectivity index (χ2v) is 7.63. The Morgan fingerprint density at radius 3 is 2.91 bits per heavy atom. The number of ether oxygens (including phenoxy) is 2. The monoisotopic (exact) mass is 452 g/mol. The Hall–Kier alpha value is -3.66. The van der Waals surface area contributed by atoms with E-state index in [2.05, 4.69) is 15.0 Å². The molecule has 0 aliphatic carbocycles. The number of amides is 1. The summed E-state index contributed by atoms with van der Waals surface area (Å²) in [4.78, 5) is 30.3. The van der Waals surface area contributed by atoms with Crippen LogP contribution in [-0.2, 0) is 16.0 Å². The number of carbonyl (C=O) groups is 1. The van der Waals surface area contributed by atoms with E-state index in [-0.39, 0.29) is 12.6 Å². The van der Waals surface area contributed by atoms with E-state index < -0.39 is 11.9 Å². The summed E-state index contributed by atoms with van der Waals surface area (Å²) in [6, 6.07) is 8.51. The lowest BCUT2D eigenvalue weighted by Gasteiger charge is -2.35. The number of primary amides is 1. The number of rotatable bonds is 9. The number of carbonyl (C=O) groups excluding carboxylic acids is 1. The summed E-state index contributed by atoms with van der Waals surface area (Å²) < 4.78 is 25.0. The average Bonchev–Trinajstić information content (AvgIpc) is 2.81. The topological polar surface area (TPSA) is 116 Å². The van der Waals surface area contributed by atoms with Crippen molar-refractivity contribution in [1.82, 2.24) is 19.9 Å². The van der Waals surface area contributed by atoms with Crippen molar-refractivity contribution >= 4 is 11.7 Å². The fourth-order valence-electron chi connectivity index (χ4n) is 3.71. The van der Waals surface area contributed by atoms with Crippen molar-refractivity contribution in [1.29, 1.82) is 0 Å². The van der Waals surface area contributed by atoms with Crippen molar-refractivity contribution < 1.29 is 18.7 Å². The second kappa shape index (κ2) is 10.3. The minimum atomic E-state index is -0.618. The Balaban J connectivity index is 1.44. The Kier molecular flexibility index (Phi) is 7.04. The van der Waals surface area contributed by atoms with E-state index in [0.29, 0.717) is 50.0 Å². The number of anilines is 1. The molecule has 9 nitrogen and oxygen atoms in total. The molecule has 0 saturated heterocycles. The molecular weight excluding hydrogens is 427 g/mol. The highest BCUT2D eigenvalue weighted by molar-refractivity contribution is 5.74. The Labute approximate surface area is 190 Å². The maximum atomic E-state index is 14.2. The summed E-state index contributed by atoms with van der Waals surface area (Å²) in [6.07, 6.45) is 4.74. The predicted octanol–water partition coefficient (Wildman–Crippen LogP) is 2.47. The molecule has 0 fully saturated rings. The van der Waals surface area contributed by atoms with Gasteiger partial charge in [0.1, 0.15) is 23.9 Å². The number of fused-ring (bicyclic) bond motifs is 1. The largest absolute Gasteiger partial charge is 0.493 e. The van der Waals surface area contributed by atoms with Gasteiger partial charge in [0.25, 0.3) is 0 Å². The molecular formula is C23H25FN6O3. The predicted molar refractivity (Wildman–Crippen MR) is 119 cm³/mol. The van der Waals surface area contributed by atoms with Gasteiger partial charge in [0.05, 0.1) is 24.9 Å². The number of hydrogen-bond acceptors (Lipinski definition) is 8. The van der Waals surface area contributed by atoms with E-state index in [0.717, 1.165) is 17.0 Å². The summed E-state index contributed by atoms with van der Waals surface area (Å²) in [6.45, 7) is 3.15. The molecule has 3 aromatic heterocycles. The molecule has 0 bridgehead atoms. The summed E-state index contributed by atoms with van der Waals surface area (Å²) in [5.74, 6) is 0.322. The van der Waals surface area contributed by atoms with E-state index in [1.165, 1.54) is 6.07 Å². The maximum Gasteiger partial charge on any atom is 0.243 e. The zero-order valence-electron chi connectivity index (χ0n) is 18.3. The second-order valence-electron chi connectivity index (χ2n) is 7.63. The average molecular weight is 452 g/mol. The van der Waals surface area contributed by atoms with Gasteiger partial charge in [-0.2, -0.15) is 4.39 Å². The van der Waals surface area contributed by atoms with Gasteiger partial charge in [0.2, 0.25) is 11.9 Å². The van der Waals surface area contributed by atoms with E-state index in [1.54, 1.807) is 12.3 Å². The number of nitrogens with two attached hydrogens (primary N) is 1. The summed E-state index contributed by atoms with van der Waals surface area (Å²) in [5.41, 5.74) is 7.67. The standard InChI is InChI=1S/C23H25FN6O3/c1-15-17-13-27-23(19-5-2-3-7-26-19)28-18(17)6-8-30(15)22-12-16(11-20(24)29-22)33-10-4-9-32-14-21(25)31/h2-3,5,7,11-13,15H,4,6,8-10,14H2,1H3,(H2,25,31). The molecule has 33 heavy (non-hydrogen) atoms. The highest BCUT2D eigenvalue weighted by atomic mass is 19.1. The fourth-order valence-corrected chi connectivity index (χ4v) is 3.71. The first-order valence-electron chi connectivity index (χ1n) is 10.7. The van der Waals surface area contributed by atoms with Crippen LogP contribution in [0.25, 0.3) is 11.5 Å². The van der Waals surface area contributed by atoms with Crippen LogP contribution in [0.3, 0.4) is 0 Å². The maximum absolute atomic E-state index is 14.2. The van der Waals surface area contributed by atoms with Crippen molar-refractivity contribution in [3.8, 4) is 17.3 Å². The molecule has 3 aromatic rings. The minimum Gasteiger partial charge on any atom is -0.493 e. The minimum absolute atomic E-state index is 0.0871. The number of hydrogen-bond donors (Lipinski definition) is 1. The van der Waals surface area contributed by atoms with Gasteiger partial charge < -0.3 is 20.1 Å². The van der Waals surface area contributed by atoms with Gasteiger partial charge in [0.15, 0.2) is 5.82 Å². The summed E-state index contributed by atoms with van der Waals surface area (Å²) in [7, 11) is 0. The third-order valence-corrected chi connectivity index (χ3v) is 5.30. The van der Waals surface area contributed by atoms with Crippen LogP contribution in [0.1, 0.15) is 30.6 Å². The zero-order valence-corrected chi connectivity index (χ0v) is 18.3. The van der Waals surface area contributed by atoms with Gasteiger partial charge in [-0.05, 0) is 19.1 Å². The summed E-state index contributed by atoms with van der Waals surface area (Å²) >= 11 is 0. The van der Waals surface area contributed by atoms with E-state index in [4.69, 9.17) is 20.2 Å². The molecule has 4 rings (SSSR count). The summed E-state index contributed by atoms with van der Waals surface area (Å²) in [5, 5.41) is 0. The van der Waals surface area contributed by atoms with Gasteiger partial charge in [-0.1, -0.05) is 6.07 Å². The Morgan fingerprint density at radius 1 is 1.24 bits per heavy atom. The number of halogens is 1. The van der Waals surface area contributed by atoms with Crippen molar-refractivity contribution in [2.24, 2.45) is 5.73 Å². The third kappa shape index (κ3) is 5.58. The van der Waals surface area contributed by atoms with Gasteiger partial charge in [-0.25, -0.2) is 15.0 Å². The number of pyridine rings is 2. The van der Waals surface area contributed by atoms with Gasteiger partial charge >= 0.3 is 0 Å². The molecule has 1 unspecified atom stereocenters. The smallest absolute Gasteiger partial charge is 0.243 e. The molecule has 4 heterocycles. The molecule has 0 radical (unpaired) electrons. The quantitative estimate of drug-likeness (QED) is 0.389. The van der Waals surface area contributed by atoms with E-state index in [1.807, 2.05) is 36.2 Å². The fraction of sp³-hybridized carbons (Fsp3) is 0.348. The first kappa shape index (κ1) is 22.5. The third-order valence-electron chi connectivity index (χ3n) is 5.30. The SMILES string of the molecule is CC1c2cnc(-c3ccccn3)nc2CCN1c1cc(OCCCOCC(N)=O)cc(F)n1. The van der Waals surface area contributed by atoms with E-state index in [9.17, 15) is 9.18 Å². The highest BCUT2D eigenvalue weighted by Gasteiger charge is 2.27. The van der Waals surface area contributed by atoms with Crippen LogP contribution in [0.2, 0.25) is 0 Å². The molecule has 0 spiro atoms. The molecule has 10 heteroatoms. The van der Waals surface area contributed by atoms with Crippen LogP contribution >= 0.6 is 0 Å². The van der Waals surface area contributed by atoms with Crippen molar-refractivity contribution in [3.63, 3.8) is 0 Å². The van der Waals surface area contributed by atoms with Gasteiger partial charge in [-0.15, -0.1) is 0 Å². The lowest BCUT2D eigenvalue weighted by molar-refractivity contribution is -0.122. The highest BCUT2D eigenvalue weighted by Crippen LogP contribution is 2.33. The molecule has 2 N–H and O–H groups in total. The molecule has 0 saturated carbocycles. The van der Waals surface area contributed by atoms with Crippen molar-refractivity contribution in [2.45, 2.75) is 25.8 Å². The van der Waals surface area contributed by atoms with Crippen LogP contribution in [-0.4, -0.2) is 52.2 Å². The van der Waals surface area contributed by atoms with Crippen molar-refractivity contribution in [2.75, 3.05) is 31.3 Å². The van der Waals surface area contributed by atoms with Crippen molar-refractivity contribution in [3.05, 3.63) is 59.9 Å². The van der Waals surface area contributed by atoms with Gasteiger partial charge in [-0.3, -0.25) is 9.78 Å². The zero-order chi connectivity index (χ0) is 23.2.